The van der Waals surface area contributed by atoms with Gasteiger partial charge in [-0.1, -0.05) is 30.3 Å². The van der Waals surface area contributed by atoms with E-state index in [0.29, 0.717) is 6.54 Å². The van der Waals surface area contributed by atoms with E-state index in [1.807, 2.05) is 30.3 Å². The Kier molecular flexibility index (Phi) is 3.61. The number of fused-ring (bicyclic) bond motifs is 1. The van der Waals surface area contributed by atoms with Gasteiger partial charge in [0.1, 0.15) is 5.75 Å². The summed E-state index contributed by atoms with van der Waals surface area (Å²) in [5.74, 6) is 0.879. The molecular formula is C14H18N2O. The third-order valence-electron chi connectivity index (χ3n) is 3.01. The topological polar surface area (TPSA) is 61.3 Å². The Morgan fingerprint density at radius 1 is 1.12 bits per heavy atom. The molecule has 0 saturated carbocycles. The van der Waals surface area contributed by atoms with E-state index in [1.165, 1.54) is 0 Å². The molecule has 2 aromatic rings. The molecule has 0 aromatic heterocycles. The highest BCUT2D eigenvalue weighted by Crippen LogP contribution is 2.31. The van der Waals surface area contributed by atoms with Crippen LogP contribution in [0.4, 0.5) is 0 Å². The van der Waals surface area contributed by atoms with Gasteiger partial charge in [-0.15, -0.1) is 0 Å². The Morgan fingerprint density at radius 2 is 1.82 bits per heavy atom. The molecule has 4 N–H and O–H groups in total. The highest BCUT2D eigenvalue weighted by atomic mass is 16.5. The summed E-state index contributed by atoms with van der Waals surface area (Å²) in [6.07, 6.45) is 0.788. The summed E-state index contributed by atoms with van der Waals surface area (Å²) in [6, 6.07) is 12.1. The lowest BCUT2D eigenvalue weighted by Crippen LogP contribution is -2.15. The first-order valence-corrected chi connectivity index (χ1v) is 5.79. The van der Waals surface area contributed by atoms with Crippen molar-refractivity contribution in [3.63, 3.8) is 0 Å². The summed E-state index contributed by atoms with van der Waals surface area (Å²) in [7, 11) is 1.68. The summed E-state index contributed by atoms with van der Waals surface area (Å²) < 4.78 is 5.36. The van der Waals surface area contributed by atoms with Crippen molar-refractivity contribution < 1.29 is 4.74 Å². The second kappa shape index (κ2) is 5.17. The van der Waals surface area contributed by atoms with E-state index in [-0.39, 0.29) is 6.04 Å². The maximum atomic E-state index is 6.14. The molecule has 17 heavy (non-hydrogen) atoms. The van der Waals surface area contributed by atoms with E-state index in [9.17, 15) is 0 Å². The largest absolute Gasteiger partial charge is 0.496 e. The Morgan fingerprint density at radius 3 is 2.47 bits per heavy atom. The van der Waals surface area contributed by atoms with Crippen LogP contribution in [-0.4, -0.2) is 13.7 Å². The van der Waals surface area contributed by atoms with E-state index in [1.54, 1.807) is 7.11 Å². The molecule has 0 aliphatic heterocycles. The molecule has 0 radical (unpaired) electrons. The van der Waals surface area contributed by atoms with Gasteiger partial charge in [0.05, 0.1) is 7.11 Å². The summed E-state index contributed by atoms with van der Waals surface area (Å²) in [5, 5.41) is 2.24. The first kappa shape index (κ1) is 11.9. The lowest BCUT2D eigenvalue weighted by molar-refractivity contribution is 0.419. The SMILES string of the molecule is COc1ccc([C@@H](N)CCN)c2ccccc12. The summed E-state index contributed by atoms with van der Waals surface area (Å²) >= 11 is 0. The molecule has 2 rings (SSSR count). The third-order valence-corrected chi connectivity index (χ3v) is 3.01. The summed E-state index contributed by atoms with van der Waals surface area (Å²) in [5.41, 5.74) is 12.8. The first-order valence-electron chi connectivity index (χ1n) is 5.79. The highest BCUT2D eigenvalue weighted by molar-refractivity contribution is 5.91. The third kappa shape index (κ3) is 2.25. The van der Waals surface area contributed by atoms with Gasteiger partial charge in [0.2, 0.25) is 0 Å². The molecule has 0 bridgehead atoms. The fraction of sp³-hybridized carbons (Fsp3) is 0.286. The first-order chi connectivity index (χ1) is 8.27. The second-order valence-corrected chi connectivity index (χ2v) is 4.09. The number of benzene rings is 2. The Balaban J connectivity index is 2.58. The molecule has 0 aliphatic rings. The zero-order valence-electron chi connectivity index (χ0n) is 10.0. The van der Waals surface area contributed by atoms with E-state index in [0.717, 1.165) is 28.5 Å². The van der Waals surface area contributed by atoms with Crippen molar-refractivity contribution in [1.29, 1.82) is 0 Å². The molecular weight excluding hydrogens is 212 g/mol. The molecule has 0 spiro atoms. The standard InChI is InChI=1S/C14H18N2O/c1-17-14-7-6-11(13(16)8-9-15)10-4-2-3-5-12(10)14/h2-7,13H,8-9,15-16H2,1H3/t13-/m0/s1. The van der Waals surface area contributed by atoms with Gasteiger partial charge in [0, 0.05) is 11.4 Å². The number of hydrogen-bond donors (Lipinski definition) is 2. The lowest BCUT2D eigenvalue weighted by Gasteiger charge is -2.15. The van der Waals surface area contributed by atoms with Crippen molar-refractivity contribution in [3.05, 3.63) is 42.0 Å². The van der Waals surface area contributed by atoms with Crippen LogP contribution in [0.3, 0.4) is 0 Å². The van der Waals surface area contributed by atoms with Gasteiger partial charge in [-0.3, -0.25) is 0 Å². The van der Waals surface area contributed by atoms with Crippen LogP contribution in [0.2, 0.25) is 0 Å². The molecule has 3 nitrogen and oxygen atoms in total. The molecule has 0 saturated heterocycles. The molecule has 0 heterocycles. The summed E-state index contributed by atoms with van der Waals surface area (Å²) in [4.78, 5) is 0. The zero-order chi connectivity index (χ0) is 12.3. The fourth-order valence-corrected chi connectivity index (χ4v) is 2.13. The molecule has 90 valence electrons. The highest BCUT2D eigenvalue weighted by Gasteiger charge is 2.11. The Labute approximate surface area is 101 Å². The van der Waals surface area contributed by atoms with E-state index in [2.05, 4.69) is 6.07 Å². The maximum Gasteiger partial charge on any atom is 0.126 e. The van der Waals surface area contributed by atoms with Gasteiger partial charge < -0.3 is 16.2 Å². The quantitative estimate of drug-likeness (QED) is 0.846. The zero-order valence-corrected chi connectivity index (χ0v) is 10.0. The van der Waals surface area contributed by atoms with Gasteiger partial charge in [0.25, 0.3) is 0 Å². The average Bonchev–Trinajstić information content (AvgIpc) is 2.37. The number of methoxy groups -OCH3 is 1. The molecule has 0 unspecified atom stereocenters. The van der Waals surface area contributed by atoms with Crippen LogP contribution in [0.15, 0.2) is 36.4 Å². The van der Waals surface area contributed by atoms with Crippen molar-refractivity contribution in [1.82, 2.24) is 0 Å². The van der Waals surface area contributed by atoms with Crippen LogP contribution in [0, 0.1) is 0 Å². The average molecular weight is 230 g/mol. The number of rotatable bonds is 4. The van der Waals surface area contributed by atoms with E-state index >= 15 is 0 Å². The van der Waals surface area contributed by atoms with Gasteiger partial charge in [-0.05, 0) is 30.0 Å². The minimum absolute atomic E-state index is 0.0178. The molecule has 0 fully saturated rings. The minimum Gasteiger partial charge on any atom is -0.496 e. The molecule has 1 atom stereocenters. The summed E-state index contributed by atoms with van der Waals surface area (Å²) in [6.45, 7) is 0.599. The van der Waals surface area contributed by atoms with E-state index in [4.69, 9.17) is 16.2 Å². The molecule has 0 amide bonds. The smallest absolute Gasteiger partial charge is 0.126 e. The maximum absolute atomic E-state index is 6.14. The van der Waals surface area contributed by atoms with Crippen molar-refractivity contribution in [3.8, 4) is 5.75 Å². The second-order valence-electron chi connectivity index (χ2n) is 4.09. The predicted molar refractivity (Wildman–Crippen MR) is 71.1 cm³/mol. The predicted octanol–water partition coefficient (Wildman–Crippen LogP) is 2.20. The number of hydrogen-bond acceptors (Lipinski definition) is 3. The fourth-order valence-electron chi connectivity index (χ4n) is 2.13. The monoisotopic (exact) mass is 230 g/mol. The van der Waals surface area contributed by atoms with Crippen LogP contribution in [-0.2, 0) is 0 Å². The molecule has 0 aliphatic carbocycles. The van der Waals surface area contributed by atoms with Crippen LogP contribution < -0.4 is 16.2 Å². The van der Waals surface area contributed by atoms with Crippen LogP contribution >= 0.6 is 0 Å². The van der Waals surface area contributed by atoms with Crippen molar-refractivity contribution in [2.45, 2.75) is 12.5 Å². The Bertz CT molecular complexity index is 511. The Hall–Kier alpha value is -1.58. The van der Waals surface area contributed by atoms with Crippen LogP contribution in [0.25, 0.3) is 10.8 Å². The van der Waals surface area contributed by atoms with Gasteiger partial charge >= 0.3 is 0 Å². The minimum atomic E-state index is -0.0178. The van der Waals surface area contributed by atoms with Crippen molar-refractivity contribution in [2.24, 2.45) is 11.5 Å². The normalized spacial score (nSPS) is 12.6. The molecule has 2 aromatic carbocycles. The van der Waals surface area contributed by atoms with Crippen LogP contribution in [0.1, 0.15) is 18.0 Å². The van der Waals surface area contributed by atoms with Gasteiger partial charge in [-0.2, -0.15) is 0 Å². The van der Waals surface area contributed by atoms with E-state index < -0.39 is 0 Å². The lowest BCUT2D eigenvalue weighted by atomic mass is 9.97. The molecule has 3 heteroatoms. The number of nitrogens with two attached hydrogens (primary N) is 2. The van der Waals surface area contributed by atoms with Crippen molar-refractivity contribution in [2.75, 3.05) is 13.7 Å². The van der Waals surface area contributed by atoms with Gasteiger partial charge in [0.15, 0.2) is 0 Å². The van der Waals surface area contributed by atoms with Gasteiger partial charge in [-0.25, -0.2) is 0 Å². The number of ether oxygens (including phenoxy) is 1. The van der Waals surface area contributed by atoms with Crippen molar-refractivity contribution >= 4 is 10.8 Å². The van der Waals surface area contributed by atoms with Crippen LogP contribution in [0.5, 0.6) is 5.75 Å².